The van der Waals surface area contributed by atoms with Crippen molar-refractivity contribution in [2.45, 2.75) is 18.9 Å². The number of urea groups is 1. The van der Waals surface area contributed by atoms with Crippen LogP contribution in [0.5, 0.6) is 0 Å². The Morgan fingerprint density at radius 2 is 1.46 bits per heavy atom. The van der Waals surface area contributed by atoms with Crippen LogP contribution in [0.4, 0.5) is 4.79 Å². The minimum Gasteiger partial charge on any atom is -0.341 e. The number of hydrogen-bond acceptors (Lipinski definition) is 3. The van der Waals surface area contributed by atoms with Gasteiger partial charge >= 0.3 is 6.03 Å². The van der Waals surface area contributed by atoms with Crippen molar-refractivity contribution in [2.75, 3.05) is 13.6 Å². The van der Waals surface area contributed by atoms with E-state index in [2.05, 4.69) is 35.0 Å². The molecule has 2 aromatic carbocycles. The lowest BCUT2D eigenvalue weighted by molar-refractivity contribution is -0.122. The van der Waals surface area contributed by atoms with E-state index >= 15 is 0 Å². The van der Waals surface area contributed by atoms with Gasteiger partial charge < -0.3 is 10.6 Å². The Morgan fingerprint density at radius 3 is 2.00 bits per heavy atom. The zero-order valence-corrected chi connectivity index (χ0v) is 14.0. The molecule has 0 saturated heterocycles. The smallest absolute Gasteiger partial charge is 0.321 e. The molecule has 2 atom stereocenters. The second kappa shape index (κ2) is 8.84. The molecule has 0 unspecified atom stereocenters. The highest BCUT2D eigenvalue weighted by atomic mass is 16.2. The predicted molar refractivity (Wildman–Crippen MR) is 94.6 cm³/mol. The van der Waals surface area contributed by atoms with Crippen LogP contribution in [0.25, 0.3) is 0 Å². The average molecular weight is 325 g/mol. The topological polar surface area (TPSA) is 70.2 Å². The molecule has 0 bridgehead atoms. The lowest BCUT2D eigenvalue weighted by atomic mass is 10.00. The first-order valence-electron chi connectivity index (χ1n) is 7.97. The highest BCUT2D eigenvalue weighted by Gasteiger charge is 2.22. The maximum atomic E-state index is 12.4. The third-order valence-electron chi connectivity index (χ3n) is 3.86. The third kappa shape index (κ3) is 4.93. The standard InChI is InChI=1S/C19H23N3O2/c1-14(15-9-5-3-6-10-15)13-21-17(16-11-7-4-8-12-16)18(23)22-19(24)20-2/h3-12,14,17,21H,13H2,1-2H3,(H2,20,22,23,24)/t14-,17-/m0/s1. The number of nitrogens with one attached hydrogen (secondary N) is 3. The minimum absolute atomic E-state index is 0.241. The number of benzene rings is 2. The molecule has 0 aromatic heterocycles. The zero-order chi connectivity index (χ0) is 17.4. The number of rotatable bonds is 6. The van der Waals surface area contributed by atoms with E-state index in [9.17, 15) is 9.59 Å². The van der Waals surface area contributed by atoms with Gasteiger partial charge in [0, 0.05) is 13.6 Å². The van der Waals surface area contributed by atoms with Crippen molar-refractivity contribution in [3.8, 4) is 0 Å². The maximum Gasteiger partial charge on any atom is 0.321 e. The monoisotopic (exact) mass is 325 g/mol. The van der Waals surface area contributed by atoms with Gasteiger partial charge in [-0.05, 0) is 17.0 Å². The predicted octanol–water partition coefficient (Wildman–Crippen LogP) is 2.58. The SMILES string of the molecule is CNC(=O)NC(=O)[C@@H](NC[C@H](C)c1ccccc1)c1ccccc1. The van der Waals surface area contributed by atoms with Crippen LogP contribution in [0.3, 0.4) is 0 Å². The molecule has 5 heteroatoms. The zero-order valence-electron chi connectivity index (χ0n) is 14.0. The molecule has 3 amide bonds. The van der Waals surface area contributed by atoms with Gasteiger partial charge in [-0.1, -0.05) is 67.6 Å². The Labute approximate surface area is 142 Å². The van der Waals surface area contributed by atoms with Gasteiger partial charge in [0.25, 0.3) is 0 Å². The summed E-state index contributed by atoms with van der Waals surface area (Å²) in [5, 5.41) is 8.01. The molecule has 0 aliphatic carbocycles. The Balaban J connectivity index is 2.08. The van der Waals surface area contributed by atoms with E-state index in [-0.39, 0.29) is 11.8 Å². The first-order chi connectivity index (χ1) is 11.6. The van der Waals surface area contributed by atoms with E-state index in [4.69, 9.17) is 0 Å². The van der Waals surface area contributed by atoms with E-state index in [1.807, 2.05) is 48.5 Å². The second-order valence-electron chi connectivity index (χ2n) is 5.63. The molecular formula is C19H23N3O2. The first-order valence-corrected chi connectivity index (χ1v) is 7.97. The van der Waals surface area contributed by atoms with Gasteiger partial charge in [0.05, 0.1) is 0 Å². The molecule has 0 radical (unpaired) electrons. The minimum atomic E-state index is -0.588. The summed E-state index contributed by atoms with van der Waals surface area (Å²) in [7, 11) is 1.48. The van der Waals surface area contributed by atoms with Crippen molar-refractivity contribution in [3.63, 3.8) is 0 Å². The Morgan fingerprint density at radius 1 is 0.917 bits per heavy atom. The number of carbonyl (C=O) groups is 2. The summed E-state index contributed by atoms with van der Waals surface area (Å²) in [6, 6.07) is 18.4. The van der Waals surface area contributed by atoms with Crippen LogP contribution in [0, 0.1) is 0 Å². The molecule has 2 aromatic rings. The van der Waals surface area contributed by atoms with Crippen LogP contribution in [0.2, 0.25) is 0 Å². The number of imide groups is 1. The van der Waals surface area contributed by atoms with Gasteiger partial charge in [-0.25, -0.2) is 4.79 Å². The molecule has 2 rings (SSSR count). The molecule has 5 nitrogen and oxygen atoms in total. The van der Waals surface area contributed by atoms with Gasteiger partial charge in [0.15, 0.2) is 0 Å². The largest absolute Gasteiger partial charge is 0.341 e. The van der Waals surface area contributed by atoms with E-state index in [1.165, 1.54) is 12.6 Å². The molecule has 0 aliphatic rings. The van der Waals surface area contributed by atoms with Gasteiger partial charge in [-0.15, -0.1) is 0 Å². The summed E-state index contributed by atoms with van der Waals surface area (Å²) in [5.74, 6) is -0.133. The molecule has 0 fully saturated rings. The van der Waals surface area contributed by atoms with Crippen molar-refractivity contribution in [2.24, 2.45) is 0 Å². The summed E-state index contributed by atoms with van der Waals surface area (Å²) in [4.78, 5) is 23.9. The summed E-state index contributed by atoms with van der Waals surface area (Å²) in [6.07, 6.45) is 0. The fourth-order valence-corrected chi connectivity index (χ4v) is 2.45. The van der Waals surface area contributed by atoms with Crippen molar-refractivity contribution in [3.05, 3.63) is 71.8 Å². The van der Waals surface area contributed by atoms with Crippen LogP contribution in [-0.2, 0) is 4.79 Å². The third-order valence-corrected chi connectivity index (χ3v) is 3.86. The molecule has 0 saturated carbocycles. The summed E-state index contributed by atoms with van der Waals surface area (Å²) in [5.41, 5.74) is 2.02. The summed E-state index contributed by atoms with van der Waals surface area (Å²) < 4.78 is 0. The van der Waals surface area contributed by atoms with Gasteiger partial charge in [0.2, 0.25) is 5.91 Å². The molecule has 0 heterocycles. The number of carbonyl (C=O) groups excluding carboxylic acids is 2. The Bertz CT molecular complexity index is 659. The summed E-state index contributed by atoms with van der Waals surface area (Å²) in [6.45, 7) is 2.71. The van der Waals surface area contributed by atoms with Crippen molar-refractivity contribution in [1.82, 2.24) is 16.0 Å². The van der Waals surface area contributed by atoms with E-state index < -0.39 is 12.1 Å². The van der Waals surface area contributed by atoms with Crippen LogP contribution >= 0.6 is 0 Å². The van der Waals surface area contributed by atoms with Crippen LogP contribution in [0.1, 0.15) is 30.0 Å². The number of hydrogen-bond donors (Lipinski definition) is 3. The van der Waals surface area contributed by atoms with E-state index in [0.29, 0.717) is 6.54 Å². The molecule has 0 aliphatic heterocycles. The van der Waals surface area contributed by atoms with Gasteiger partial charge in [-0.2, -0.15) is 0 Å². The molecular weight excluding hydrogens is 302 g/mol. The highest BCUT2D eigenvalue weighted by Crippen LogP contribution is 2.17. The van der Waals surface area contributed by atoms with E-state index in [1.54, 1.807) is 0 Å². The number of amides is 3. The second-order valence-corrected chi connectivity index (χ2v) is 5.63. The van der Waals surface area contributed by atoms with Gasteiger partial charge in [-0.3, -0.25) is 10.1 Å². The molecule has 3 N–H and O–H groups in total. The van der Waals surface area contributed by atoms with Crippen molar-refractivity contribution < 1.29 is 9.59 Å². The van der Waals surface area contributed by atoms with Crippen LogP contribution < -0.4 is 16.0 Å². The first kappa shape index (κ1) is 17.7. The van der Waals surface area contributed by atoms with Crippen molar-refractivity contribution >= 4 is 11.9 Å². The summed E-state index contributed by atoms with van der Waals surface area (Å²) >= 11 is 0. The Hall–Kier alpha value is -2.66. The lowest BCUT2D eigenvalue weighted by Crippen LogP contribution is -2.44. The fourth-order valence-electron chi connectivity index (χ4n) is 2.45. The highest BCUT2D eigenvalue weighted by molar-refractivity contribution is 5.97. The van der Waals surface area contributed by atoms with Gasteiger partial charge in [0.1, 0.15) is 6.04 Å². The average Bonchev–Trinajstić information content (AvgIpc) is 2.63. The molecule has 24 heavy (non-hydrogen) atoms. The van der Waals surface area contributed by atoms with Crippen LogP contribution in [0.15, 0.2) is 60.7 Å². The molecule has 126 valence electrons. The maximum absolute atomic E-state index is 12.4. The fraction of sp³-hybridized carbons (Fsp3) is 0.263. The van der Waals surface area contributed by atoms with Crippen LogP contribution in [-0.4, -0.2) is 25.5 Å². The lowest BCUT2D eigenvalue weighted by Gasteiger charge is -2.21. The Kier molecular flexibility index (Phi) is 6.51. The van der Waals surface area contributed by atoms with Crippen molar-refractivity contribution in [1.29, 1.82) is 0 Å². The quantitative estimate of drug-likeness (QED) is 0.764. The normalized spacial score (nSPS) is 12.9. The van der Waals surface area contributed by atoms with E-state index in [0.717, 1.165) is 5.56 Å². The molecule has 0 spiro atoms.